The molecule has 0 bridgehead atoms. The van der Waals surface area contributed by atoms with E-state index in [9.17, 15) is 0 Å². The fraction of sp³-hybridized carbons (Fsp3) is 0.875. The summed E-state index contributed by atoms with van der Waals surface area (Å²) in [4.78, 5) is 0. The van der Waals surface area contributed by atoms with E-state index in [-0.39, 0.29) is 0 Å². The molecule has 0 aliphatic rings. The predicted molar refractivity (Wildman–Crippen MR) is 43.5 cm³/mol. The smallest absolute Gasteiger partial charge is 0.0530 e. The fourth-order valence-corrected chi connectivity index (χ4v) is 1.13. The van der Waals surface area contributed by atoms with E-state index in [0.717, 1.165) is 0 Å². The zero-order chi connectivity index (χ0) is 7.11. The second kappa shape index (κ2) is 6.41. The summed E-state index contributed by atoms with van der Waals surface area (Å²) in [6.45, 7) is 4.39. The lowest BCUT2D eigenvalue weighted by atomic mass is 10.0. The molecule has 0 spiro atoms. The maximum atomic E-state index is 5.58. The largest absolute Gasteiger partial charge is 0.121 e. The lowest BCUT2D eigenvalue weighted by Crippen LogP contribution is -1.94. The van der Waals surface area contributed by atoms with Gasteiger partial charge in [0.15, 0.2) is 0 Å². The Kier molecular flexibility index (Phi) is 6.62. The predicted octanol–water partition coefficient (Wildman–Crippen LogP) is 3.60. The normalized spacial score (nSPS) is 13.7. The first kappa shape index (κ1) is 9.29. The van der Waals surface area contributed by atoms with E-state index >= 15 is 0 Å². The summed E-state index contributed by atoms with van der Waals surface area (Å²) in [6.07, 6.45) is 5.03. The molecule has 1 radical (unpaired) electrons. The van der Waals surface area contributed by atoms with Crippen molar-refractivity contribution in [3.8, 4) is 0 Å². The van der Waals surface area contributed by atoms with Crippen molar-refractivity contribution < 1.29 is 0 Å². The molecule has 0 aliphatic heterocycles. The lowest BCUT2D eigenvalue weighted by Gasteiger charge is -2.07. The van der Waals surface area contributed by atoms with Crippen molar-refractivity contribution in [1.82, 2.24) is 0 Å². The maximum absolute atomic E-state index is 5.58. The zero-order valence-corrected chi connectivity index (χ0v) is 7.12. The molecule has 0 nitrogen and oxygen atoms in total. The van der Waals surface area contributed by atoms with Crippen molar-refractivity contribution in [2.45, 2.75) is 39.5 Å². The van der Waals surface area contributed by atoms with Gasteiger partial charge in [-0.3, -0.25) is 0 Å². The third kappa shape index (κ3) is 4.77. The summed E-state index contributed by atoms with van der Waals surface area (Å²) in [6, 6.07) is 0. The van der Waals surface area contributed by atoms with Crippen molar-refractivity contribution in [1.29, 1.82) is 0 Å². The van der Waals surface area contributed by atoms with E-state index in [4.69, 9.17) is 11.6 Å². The van der Waals surface area contributed by atoms with Crippen molar-refractivity contribution >= 4 is 11.6 Å². The minimum Gasteiger partial charge on any atom is -0.121 e. The minimum absolute atomic E-state index is 0.645. The second-order valence-corrected chi connectivity index (χ2v) is 2.69. The van der Waals surface area contributed by atoms with Gasteiger partial charge in [0.1, 0.15) is 0 Å². The van der Waals surface area contributed by atoms with Gasteiger partial charge >= 0.3 is 0 Å². The molecule has 9 heavy (non-hydrogen) atoms. The van der Waals surface area contributed by atoms with Gasteiger partial charge in [0.25, 0.3) is 0 Å². The Labute approximate surface area is 63.6 Å². The molecule has 55 valence electrons. The Morgan fingerprint density at radius 1 is 1.44 bits per heavy atom. The minimum atomic E-state index is 0.645. The van der Waals surface area contributed by atoms with Crippen LogP contribution in [-0.2, 0) is 0 Å². The first-order valence-electron chi connectivity index (χ1n) is 3.78. The molecule has 0 amide bonds. The van der Waals surface area contributed by atoms with Crippen LogP contribution in [0.3, 0.4) is 0 Å². The van der Waals surface area contributed by atoms with Gasteiger partial charge in [0.05, 0.1) is 5.88 Å². The van der Waals surface area contributed by atoms with Gasteiger partial charge in [-0.15, -0.1) is 11.6 Å². The van der Waals surface area contributed by atoms with Crippen molar-refractivity contribution in [2.24, 2.45) is 5.92 Å². The van der Waals surface area contributed by atoms with Gasteiger partial charge < -0.3 is 0 Å². The van der Waals surface area contributed by atoms with E-state index in [1.807, 2.05) is 0 Å². The molecule has 0 saturated carbocycles. The lowest BCUT2D eigenvalue weighted by molar-refractivity contribution is 0.528. The van der Waals surface area contributed by atoms with Crippen LogP contribution in [0, 0.1) is 11.8 Å². The molecule has 1 atom stereocenters. The van der Waals surface area contributed by atoms with Crippen LogP contribution in [0.5, 0.6) is 0 Å². The average molecular weight is 148 g/mol. The molecular formula is C8H16Cl. The Morgan fingerprint density at radius 3 is 2.44 bits per heavy atom. The van der Waals surface area contributed by atoms with E-state index in [1.54, 1.807) is 5.88 Å². The summed E-state index contributed by atoms with van der Waals surface area (Å²) < 4.78 is 0. The van der Waals surface area contributed by atoms with Crippen molar-refractivity contribution in [3.05, 3.63) is 5.88 Å². The maximum Gasteiger partial charge on any atom is 0.0530 e. The number of unbranched alkanes of at least 4 members (excludes halogenated alkanes) is 1. The van der Waals surface area contributed by atoms with Gasteiger partial charge in [-0.1, -0.05) is 33.1 Å². The standard InChI is InChI=1S/C8H16Cl/c1-3-5-6-8(4-2)7-9/h7-8H,3-6H2,1-2H3. The number of hydrogen-bond donors (Lipinski definition) is 0. The molecule has 1 unspecified atom stereocenters. The molecule has 0 rings (SSSR count). The Balaban J connectivity index is 3.09. The van der Waals surface area contributed by atoms with Crippen LogP contribution >= 0.6 is 11.6 Å². The van der Waals surface area contributed by atoms with E-state index in [1.165, 1.54) is 25.7 Å². The van der Waals surface area contributed by atoms with E-state index in [2.05, 4.69) is 13.8 Å². The monoisotopic (exact) mass is 147 g/mol. The molecule has 0 aromatic heterocycles. The summed E-state index contributed by atoms with van der Waals surface area (Å²) in [5, 5.41) is 0. The third-order valence-electron chi connectivity index (χ3n) is 1.63. The molecule has 0 heterocycles. The first-order chi connectivity index (χ1) is 4.35. The van der Waals surface area contributed by atoms with Gasteiger partial charge in [-0.25, -0.2) is 0 Å². The van der Waals surface area contributed by atoms with Crippen LogP contribution in [0.1, 0.15) is 39.5 Å². The Morgan fingerprint density at radius 2 is 2.11 bits per heavy atom. The van der Waals surface area contributed by atoms with E-state index in [0.29, 0.717) is 5.92 Å². The first-order valence-corrected chi connectivity index (χ1v) is 4.22. The molecule has 0 aromatic carbocycles. The summed E-state index contributed by atoms with van der Waals surface area (Å²) in [5.74, 6) is 2.45. The van der Waals surface area contributed by atoms with Crippen LogP contribution in [0.25, 0.3) is 0 Å². The highest BCUT2D eigenvalue weighted by Crippen LogP contribution is 2.16. The second-order valence-electron chi connectivity index (χ2n) is 2.44. The highest BCUT2D eigenvalue weighted by molar-refractivity contribution is 6.23. The number of rotatable bonds is 5. The van der Waals surface area contributed by atoms with Crippen LogP contribution in [0.15, 0.2) is 0 Å². The number of halogens is 1. The molecule has 0 aliphatic carbocycles. The fourth-order valence-electron chi connectivity index (χ4n) is 0.823. The Bertz CT molecular complexity index is 48.5. The highest BCUT2D eigenvalue weighted by atomic mass is 35.5. The topological polar surface area (TPSA) is 0 Å². The SMILES string of the molecule is CCCCC([CH]Cl)CC. The molecular weight excluding hydrogens is 132 g/mol. The van der Waals surface area contributed by atoms with Crippen molar-refractivity contribution in [2.75, 3.05) is 0 Å². The molecule has 0 fully saturated rings. The molecule has 1 heteroatoms. The summed E-state index contributed by atoms with van der Waals surface area (Å²) in [7, 11) is 0. The molecule has 0 N–H and O–H groups in total. The van der Waals surface area contributed by atoms with Gasteiger partial charge in [-0.05, 0) is 12.3 Å². The summed E-state index contributed by atoms with van der Waals surface area (Å²) in [5.41, 5.74) is 0. The molecule has 0 saturated heterocycles. The van der Waals surface area contributed by atoms with Gasteiger partial charge in [-0.2, -0.15) is 0 Å². The average Bonchev–Trinajstić information content (AvgIpc) is 1.91. The third-order valence-corrected chi connectivity index (χ3v) is 1.99. The van der Waals surface area contributed by atoms with E-state index < -0.39 is 0 Å². The van der Waals surface area contributed by atoms with Gasteiger partial charge in [0, 0.05) is 0 Å². The Hall–Kier alpha value is 0.290. The van der Waals surface area contributed by atoms with Crippen LogP contribution in [0.2, 0.25) is 0 Å². The van der Waals surface area contributed by atoms with Crippen LogP contribution in [-0.4, -0.2) is 0 Å². The van der Waals surface area contributed by atoms with Gasteiger partial charge in [0.2, 0.25) is 0 Å². The zero-order valence-electron chi connectivity index (χ0n) is 6.36. The summed E-state index contributed by atoms with van der Waals surface area (Å²) >= 11 is 5.58. The number of hydrogen-bond acceptors (Lipinski definition) is 0. The quantitative estimate of drug-likeness (QED) is 0.558. The highest BCUT2D eigenvalue weighted by Gasteiger charge is 2.02. The van der Waals surface area contributed by atoms with Crippen LogP contribution in [0.4, 0.5) is 0 Å². The van der Waals surface area contributed by atoms with Crippen LogP contribution < -0.4 is 0 Å². The van der Waals surface area contributed by atoms with Crippen molar-refractivity contribution in [3.63, 3.8) is 0 Å². The molecule has 0 aromatic rings.